The van der Waals surface area contributed by atoms with Gasteiger partial charge in [0.15, 0.2) is 0 Å². The minimum Gasteiger partial charge on any atom is -0.494 e. The summed E-state index contributed by atoms with van der Waals surface area (Å²) in [7, 11) is -3.91. The molecule has 0 heterocycles. The second-order valence-corrected chi connectivity index (χ2v) is 8.34. The van der Waals surface area contributed by atoms with Crippen molar-refractivity contribution in [1.82, 2.24) is 4.72 Å². The number of carbonyl (C=O) groups is 1. The maximum Gasteiger partial charge on any atom is 0.242 e. The van der Waals surface area contributed by atoms with E-state index in [0.29, 0.717) is 18.0 Å². The summed E-state index contributed by atoms with van der Waals surface area (Å²) in [6.07, 6.45) is 0.218. The molecule has 2 N–H and O–H groups in total. The van der Waals surface area contributed by atoms with E-state index in [1.54, 1.807) is 36.4 Å². The number of carbonyl (C=O) groups excluding carboxylic acids is 1. The number of hydrogen-bond acceptors (Lipinski definition) is 4. The lowest BCUT2D eigenvalue weighted by Crippen LogP contribution is -2.45. The fraction of sp³-hybridized carbons (Fsp3) is 0.174. The first-order valence-corrected chi connectivity index (χ1v) is 11.1. The van der Waals surface area contributed by atoms with Crippen LogP contribution in [0.1, 0.15) is 12.5 Å². The number of amides is 1. The largest absolute Gasteiger partial charge is 0.494 e. The zero-order valence-corrected chi connectivity index (χ0v) is 17.4. The molecule has 0 unspecified atom stereocenters. The molecule has 3 rings (SSSR count). The second kappa shape index (κ2) is 10.0. The molecule has 3 aromatic carbocycles. The number of hydrogen-bond donors (Lipinski definition) is 2. The standard InChI is InChI=1S/C23H24N2O4S/c1-2-29-20-13-15-21(16-14-20)30(27,28)25-22(17-18-9-5-3-6-10-18)23(26)24-19-11-7-4-8-12-19/h3-16,22,25H,2,17H2,1H3,(H,24,26)/t22-/m0/s1. The van der Waals surface area contributed by atoms with Crippen LogP contribution in [0.5, 0.6) is 5.75 Å². The molecule has 0 spiro atoms. The highest BCUT2D eigenvalue weighted by atomic mass is 32.2. The summed E-state index contributed by atoms with van der Waals surface area (Å²) in [6, 6.07) is 23.3. The fourth-order valence-electron chi connectivity index (χ4n) is 2.93. The maximum absolute atomic E-state index is 12.9. The predicted molar refractivity (Wildman–Crippen MR) is 117 cm³/mol. The summed E-state index contributed by atoms with van der Waals surface area (Å²) in [5.74, 6) is 0.152. The third kappa shape index (κ3) is 5.92. The van der Waals surface area contributed by atoms with E-state index in [-0.39, 0.29) is 11.3 Å². The van der Waals surface area contributed by atoms with Crippen molar-refractivity contribution in [3.8, 4) is 5.75 Å². The Balaban J connectivity index is 1.82. The Bertz CT molecular complexity index is 1050. The average molecular weight is 425 g/mol. The summed E-state index contributed by atoms with van der Waals surface area (Å²) in [4.78, 5) is 13.0. The quantitative estimate of drug-likeness (QED) is 0.550. The third-order valence-electron chi connectivity index (χ3n) is 4.38. The molecule has 0 fully saturated rings. The van der Waals surface area contributed by atoms with Crippen molar-refractivity contribution in [2.75, 3.05) is 11.9 Å². The van der Waals surface area contributed by atoms with Gasteiger partial charge in [-0.15, -0.1) is 0 Å². The number of nitrogens with one attached hydrogen (secondary N) is 2. The van der Waals surface area contributed by atoms with Crippen LogP contribution in [0.15, 0.2) is 89.8 Å². The van der Waals surface area contributed by atoms with Crippen molar-refractivity contribution < 1.29 is 17.9 Å². The Kier molecular flexibility index (Phi) is 7.21. The first kappa shape index (κ1) is 21.5. The van der Waals surface area contributed by atoms with Crippen molar-refractivity contribution >= 4 is 21.6 Å². The number of benzene rings is 3. The summed E-state index contributed by atoms with van der Waals surface area (Å²) < 4.78 is 33.8. The lowest BCUT2D eigenvalue weighted by molar-refractivity contribution is -0.117. The van der Waals surface area contributed by atoms with Gasteiger partial charge in [0, 0.05) is 5.69 Å². The molecular weight excluding hydrogens is 400 g/mol. The fourth-order valence-corrected chi connectivity index (χ4v) is 4.12. The van der Waals surface area contributed by atoms with Crippen LogP contribution in [0.2, 0.25) is 0 Å². The van der Waals surface area contributed by atoms with Crippen LogP contribution in [0.3, 0.4) is 0 Å². The van der Waals surface area contributed by atoms with Gasteiger partial charge in [-0.05, 0) is 55.3 Å². The molecule has 1 atom stereocenters. The molecule has 0 aliphatic rings. The molecule has 0 saturated carbocycles. The van der Waals surface area contributed by atoms with Gasteiger partial charge in [-0.25, -0.2) is 8.42 Å². The Labute approximate surface area is 177 Å². The molecule has 0 radical (unpaired) electrons. The first-order valence-electron chi connectivity index (χ1n) is 9.63. The topological polar surface area (TPSA) is 84.5 Å². The van der Waals surface area contributed by atoms with Crippen LogP contribution in [-0.2, 0) is 21.2 Å². The number of sulfonamides is 1. The highest BCUT2D eigenvalue weighted by Gasteiger charge is 2.26. The molecule has 7 heteroatoms. The maximum atomic E-state index is 12.9. The van der Waals surface area contributed by atoms with Crippen LogP contribution < -0.4 is 14.8 Å². The van der Waals surface area contributed by atoms with Gasteiger partial charge in [-0.1, -0.05) is 48.5 Å². The second-order valence-electron chi connectivity index (χ2n) is 6.62. The summed E-state index contributed by atoms with van der Waals surface area (Å²) in [5.41, 5.74) is 1.45. The van der Waals surface area contributed by atoms with E-state index < -0.39 is 22.0 Å². The lowest BCUT2D eigenvalue weighted by Gasteiger charge is -2.19. The van der Waals surface area contributed by atoms with Gasteiger partial charge in [0.05, 0.1) is 11.5 Å². The van der Waals surface area contributed by atoms with E-state index in [4.69, 9.17) is 4.74 Å². The molecule has 3 aromatic rings. The number of ether oxygens (including phenoxy) is 1. The van der Waals surface area contributed by atoms with Gasteiger partial charge in [-0.3, -0.25) is 4.79 Å². The minimum atomic E-state index is -3.91. The molecule has 0 saturated heterocycles. The van der Waals surface area contributed by atoms with Gasteiger partial charge < -0.3 is 10.1 Å². The van der Waals surface area contributed by atoms with E-state index in [0.717, 1.165) is 5.56 Å². The highest BCUT2D eigenvalue weighted by Crippen LogP contribution is 2.17. The van der Waals surface area contributed by atoms with E-state index >= 15 is 0 Å². The molecule has 0 aliphatic carbocycles. The molecule has 156 valence electrons. The van der Waals surface area contributed by atoms with Crippen LogP contribution in [0, 0.1) is 0 Å². The number of rotatable bonds is 9. The Morgan fingerprint density at radius 1 is 0.900 bits per heavy atom. The highest BCUT2D eigenvalue weighted by molar-refractivity contribution is 7.89. The van der Waals surface area contributed by atoms with Gasteiger partial charge in [0.1, 0.15) is 11.8 Å². The van der Waals surface area contributed by atoms with Crippen LogP contribution in [0.4, 0.5) is 5.69 Å². The monoisotopic (exact) mass is 424 g/mol. The van der Waals surface area contributed by atoms with Crippen LogP contribution in [0.25, 0.3) is 0 Å². The number of para-hydroxylation sites is 1. The predicted octanol–water partition coefficient (Wildman–Crippen LogP) is 3.61. The van der Waals surface area contributed by atoms with Gasteiger partial charge >= 0.3 is 0 Å². The van der Waals surface area contributed by atoms with Crippen LogP contribution in [-0.4, -0.2) is 27.0 Å². The molecule has 30 heavy (non-hydrogen) atoms. The minimum absolute atomic E-state index is 0.0662. The molecule has 0 aliphatic heterocycles. The van der Waals surface area contributed by atoms with E-state index in [1.807, 2.05) is 43.3 Å². The van der Waals surface area contributed by atoms with Crippen molar-refractivity contribution in [2.45, 2.75) is 24.3 Å². The summed E-state index contributed by atoms with van der Waals surface area (Å²) in [6.45, 7) is 2.34. The van der Waals surface area contributed by atoms with Crippen molar-refractivity contribution in [1.29, 1.82) is 0 Å². The van der Waals surface area contributed by atoms with Crippen molar-refractivity contribution in [3.05, 3.63) is 90.5 Å². The van der Waals surface area contributed by atoms with Crippen molar-refractivity contribution in [3.63, 3.8) is 0 Å². The third-order valence-corrected chi connectivity index (χ3v) is 5.87. The van der Waals surface area contributed by atoms with E-state index in [2.05, 4.69) is 10.0 Å². The molecule has 0 aromatic heterocycles. The van der Waals surface area contributed by atoms with Gasteiger partial charge in [0.2, 0.25) is 15.9 Å². The summed E-state index contributed by atoms with van der Waals surface area (Å²) >= 11 is 0. The van der Waals surface area contributed by atoms with E-state index in [1.165, 1.54) is 12.1 Å². The Morgan fingerprint density at radius 3 is 2.10 bits per heavy atom. The lowest BCUT2D eigenvalue weighted by atomic mass is 10.1. The smallest absolute Gasteiger partial charge is 0.242 e. The first-order chi connectivity index (χ1) is 14.5. The normalized spacial score (nSPS) is 12.2. The van der Waals surface area contributed by atoms with Gasteiger partial charge in [-0.2, -0.15) is 4.72 Å². The zero-order valence-electron chi connectivity index (χ0n) is 16.6. The Hall–Kier alpha value is -3.16. The molecule has 0 bridgehead atoms. The SMILES string of the molecule is CCOc1ccc(S(=O)(=O)N[C@@H](Cc2ccccc2)C(=O)Nc2ccccc2)cc1. The van der Waals surface area contributed by atoms with E-state index in [9.17, 15) is 13.2 Å². The molecule has 1 amide bonds. The zero-order chi connectivity index (χ0) is 21.4. The Morgan fingerprint density at radius 2 is 1.50 bits per heavy atom. The number of anilines is 1. The van der Waals surface area contributed by atoms with Crippen LogP contribution >= 0.6 is 0 Å². The molecule has 6 nitrogen and oxygen atoms in total. The van der Waals surface area contributed by atoms with Gasteiger partial charge in [0.25, 0.3) is 0 Å². The molecular formula is C23H24N2O4S. The summed E-state index contributed by atoms with van der Waals surface area (Å²) in [5, 5.41) is 2.78. The average Bonchev–Trinajstić information content (AvgIpc) is 2.75. The van der Waals surface area contributed by atoms with Crippen molar-refractivity contribution in [2.24, 2.45) is 0 Å².